The number of aryl methyl sites for hydroxylation is 2. The van der Waals surface area contributed by atoms with Gasteiger partial charge in [-0.3, -0.25) is 19.6 Å². The zero-order chi connectivity index (χ0) is 20.3. The third-order valence-corrected chi connectivity index (χ3v) is 5.39. The van der Waals surface area contributed by atoms with E-state index in [4.69, 9.17) is 4.74 Å². The Kier molecular flexibility index (Phi) is 5.74. The van der Waals surface area contributed by atoms with Crippen LogP contribution < -0.4 is 10.1 Å². The number of nitrogens with one attached hydrogen (secondary N) is 1. The molecule has 1 aromatic carbocycles. The van der Waals surface area contributed by atoms with Crippen LogP contribution in [0.25, 0.3) is 0 Å². The molecule has 0 aliphatic rings. The molecule has 2 heterocycles. The van der Waals surface area contributed by atoms with Crippen LogP contribution in [0, 0.1) is 24.0 Å². The number of thiophene rings is 1. The molecule has 1 N–H and O–H groups in total. The largest absolute Gasteiger partial charge is 0.489 e. The topological polar surface area (TPSA) is 99.3 Å². The van der Waals surface area contributed by atoms with Crippen molar-refractivity contribution in [3.05, 3.63) is 73.2 Å². The molecule has 0 saturated heterocycles. The quantitative estimate of drug-likeness (QED) is 0.483. The van der Waals surface area contributed by atoms with E-state index in [0.29, 0.717) is 17.2 Å². The molecule has 0 spiro atoms. The van der Waals surface area contributed by atoms with Crippen molar-refractivity contribution in [3.63, 3.8) is 0 Å². The molecule has 0 atom stereocenters. The van der Waals surface area contributed by atoms with Gasteiger partial charge in [-0.25, -0.2) is 0 Å². The maximum absolute atomic E-state index is 12.4. The van der Waals surface area contributed by atoms with E-state index in [1.807, 2.05) is 26.3 Å². The molecule has 3 rings (SSSR count). The molecule has 28 heavy (non-hydrogen) atoms. The number of nitrogens with zero attached hydrogens (tertiary/aromatic N) is 3. The van der Waals surface area contributed by atoms with Gasteiger partial charge in [0.25, 0.3) is 11.6 Å². The highest BCUT2D eigenvalue weighted by Crippen LogP contribution is 2.21. The summed E-state index contributed by atoms with van der Waals surface area (Å²) < 4.78 is 7.43. The maximum atomic E-state index is 12.4. The first kappa shape index (κ1) is 19.6. The molecule has 146 valence electrons. The molecule has 0 aliphatic carbocycles. The molecule has 0 unspecified atom stereocenters. The number of hydrogen-bond acceptors (Lipinski definition) is 6. The van der Waals surface area contributed by atoms with Crippen LogP contribution in [-0.2, 0) is 20.2 Å². The maximum Gasteiger partial charge on any atom is 0.269 e. The van der Waals surface area contributed by atoms with Crippen LogP contribution in [0.5, 0.6) is 5.75 Å². The number of hydrogen-bond donors (Lipinski definition) is 1. The van der Waals surface area contributed by atoms with Crippen molar-refractivity contribution in [3.8, 4) is 5.75 Å². The third kappa shape index (κ3) is 4.37. The number of rotatable bonds is 7. The van der Waals surface area contributed by atoms with Gasteiger partial charge in [0.2, 0.25) is 0 Å². The number of carbonyl (C=O) groups excluding carboxylic acids is 1. The van der Waals surface area contributed by atoms with E-state index in [2.05, 4.69) is 10.4 Å². The van der Waals surface area contributed by atoms with Crippen molar-refractivity contribution in [2.24, 2.45) is 7.05 Å². The van der Waals surface area contributed by atoms with Gasteiger partial charge in [-0.15, -0.1) is 11.3 Å². The van der Waals surface area contributed by atoms with Gasteiger partial charge in [0.1, 0.15) is 12.4 Å². The molecule has 8 nitrogen and oxygen atoms in total. The van der Waals surface area contributed by atoms with Gasteiger partial charge >= 0.3 is 0 Å². The predicted molar refractivity (Wildman–Crippen MR) is 106 cm³/mol. The summed E-state index contributed by atoms with van der Waals surface area (Å²) in [5.41, 5.74) is 3.84. The van der Waals surface area contributed by atoms with E-state index in [9.17, 15) is 14.9 Å². The number of aromatic nitrogens is 2. The van der Waals surface area contributed by atoms with Crippen LogP contribution in [-0.4, -0.2) is 20.6 Å². The average Bonchev–Trinajstić information content (AvgIpc) is 3.24. The molecule has 0 saturated carbocycles. The average molecular weight is 400 g/mol. The number of carbonyl (C=O) groups is 1. The number of non-ortho nitro benzene ring substituents is 1. The van der Waals surface area contributed by atoms with Crippen molar-refractivity contribution in [1.82, 2.24) is 15.1 Å². The summed E-state index contributed by atoms with van der Waals surface area (Å²) in [5, 5.41) is 19.8. The number of nitro benzene ring substituents is 1. The molecule has 0 fully saturated rings. The van der Waals surface area contributed by atoms with E-state index in [1.165, 1.54) is 23.5 Å². The fourth-order valence-electron chi connectivity index (χ4n) is 2.73. The van der Waals surface area contributed by atoms with Crippen molar-refractivity contribution >= 4 is 22.9 Å². The smallest absolute Gasteiger partial charge is 0.269 e. The highest BCUT2D eigenvalue weighted by Gasteiger charge is 2.13. The molecular weight excluding hydrogens is 380 g/mol. The molecule has 0 aliphatic heterocycles. The minimum Gasteiger partial charge on any atom is -0.489 e. The third-order valence-electron chi connectivity index (χ3n) is 4.42. The molecule has 2 aromatic heterocycles. The summed E-state index contributed by atoms with van der Waals surface area (Å²) in [6.45, 7) is 4.60. The first-order valence-electron chi connectivity index (χ1n) is 8.57. The normalized spacial score (nSPS) is 10.7. The lowest BCUT2D eigenvalue weighted by atomic mass is 10.2. The first-order valence-corrected chi connectivity index (χ1v) is 9.45. The lowest BCUT2D eigenvalue weighted by Crippen LogP contribution is -2.22. The second kappa shape index (κ2) is 8.22. The van der Waals surface area contributed by atoms with Gasteiger partial charge in [-0.05, 0) is 37.4 Å². The van der Waals surface area contributed by atoms with Crippen molar-refractivity contribution in [1.29, 1.82) is 0 Å². The molecule has 1 amide bonds. The van der Waals surface area contributed by atoms with Crippen LogP contribution in [0.2, 0.25) is 0 Å². The highest BCUT2D eigenvalue weighted by molar-refractivity contribution is 7.12. The summed E-state index contributed by atoms with van der Waals surface area (Å²) >= 11 is 1.35. The van der Waals surface area contributed by atoms with Gasteiger partial charge in [-0.2, -0.15) is 5.10 Å². The standard InChI is InChI=1S/C19H20N4O4S/c1-12-17(13(2)22(3)21-12)9-20-19(24)18-8-14(11-28-18)10-27-16-6-4-15(5-7-16)23(25)26/h4-8,11H,9-10H2,1-3H3,(H,20,24). The number of ether oxygens (including phenoxy) is 1. The summed E-state index contributed by atoms with van der Waals surface area (Å²) in [4.78, 5) is 23.2. The van der Waals surface area contributed by atoms with Crippen LogP contribution in [0.15, 0.2) is 35.7 Å². The summed E-state index contributed by atoms with van der Waals surface area (Å²) in [6, 6.07) is 7.68. The van der Waals surface area contributed by atoms with E-state index in [1.54, 1.807) is 22.9 Å². The second-order valence-corrected chi connectivity index (χ2v) is 7.23. The first-order chi connectivity index (χ1) is 13.3. The monoisotopic (exact) mass is 400 g/mol. The van der Waals surface area contributed by atoms with Gasteiger partial charge in [-0.1, -0.05) is 0 Å². The second-order valence-electron chi connectivity index (χ2n) is 6.31. The van der Waals surface area contributed by atoms with Gasteiger partial charge in [0.05, 0.1) is 15.5 Å². The van der Waals surface area contributed by atoms with Gasteiger partial charge in [0.15, 0.2) is 0 Å². The van der Waals surface area contributed by atoms with E-state index in [0.717, 1.165) is 22.5 Å². The Morgan fingerprint density at radius 1 is 1.32 bits per heavy atom. The molecule has 0 radical (unpaired) electrons. The van der Waals surface area contributed by atoms with Crippen LogP contribution in [0.1, 0.15) is 32.2 Å². The number of benzene rings is 1. The van der Waals surface area contributed by atoms with E-state index < -0.39 is 4.92 Å². The molecule has 9 heteroatoms. The minimum absolute atomic E-state index is 0.0148. The number of nitro groups is 1. The molecule has 3 aromatic rings. The fraction of sp³-hybridized carbons (Fsp3) is 0.263. The van der Waals surface area contributed by atoms with Crippen molar-refractivity contribution in [2.45, 2.75) is 27.0 Å². The van der Waals surface area contributed by atoms with E-state index >= 15 is 0 Å². The Labute approximate surface area is 165 Å². The molecule has 0 bridgehead atoms. The predicted octanol–water partition coefficient (Wildman–Crippen LogP) is 3.52. The summed E-state index contributed by atoms with van der Waals surface area (Å²) in [6.07, 6.45) is 0. The van der Waals surface area contributed by atoms with Gasteiger partial charge < -0.3 is 10.1 Å². The van der Waals surface area contributed by atoms with Crippen molar-refractivity contribution < 1.29 is 14.5 Å². The van der Waals surface area contributed by atoms with Crippen LogP contribution in [0.3, 0.4) is 0 Å². The Morgan fingerprint density at radius 2 is 2.04 bits per heavy atom. The summed E-state index contributed by atoms with van der Waals surface area (Å²) in [7, 11) is 1.88. The Morgan fingerprint density at radius 3 is 2.64 bits per heavy atom. The Bertz CT molecular complexity index is 1010. The Balaban J connectivity index is 1.55. The SMILES string of the molecule is Cc1nn(C)c(C)c1CNC(=O)c1cc(COc2ccc([N+](=O)[O-])cc2)cs1. The lowest BCUT2D eigenvalue weighted by Gasteiger charge is -2.05. The number of amides is 1. The van der Waals surface area contributed by atoms with Crippen LogP contribution in [0.4, 0.5) is 5.69 Å². The van der Waals surface area contributed by atoms with Gasteiger partial charge in [0, 0.05) is 42.5 Å². The zero-order valence-corrected chi connectivity index (χ0v) is 16.6. The zero-order valence-electron chi connectivity index (χ0n) is 15.8. The van der Waals surface area contributed by atoms with Crippen molar-refractivity contribution in [2.75, 3.05) is 0 Å². The van der Waals surface area contributed by atoms with E-state index in [-0.39, 0.29) is 18.2 Å². The fourth-order valence-corrected chi connectivity index (χ4v) is 3.54. The molecular formula is C19H20N4O4S. The lowest BCUT2D eigenvalue weighted by molar-refractivity contribution is -0.384. The summed E-state index contributed by atoms with van der Waals surface area (Å²) in [5.74, 6) is 0.388. The van der Waals surface area contributed by atoms with Crippen LogP contribution >= 0.6 is 11.3 Å². The minimum atomic E-state index is -0.456. The Hall–Kier alpha value is -3.20. The highest BCUT2D eigenvalue weighted by atomic mass is 32.1.